The molecule has 0 spiro atoms. The second-order valence-electron chi connectivity index (χ2n) is 8.51. The second kappa shape index (κ2) is 7.93. The van der Waals surface area contributed by atoms with Crippen LogP contribution in [0.15, 0.2) is 61.0 Å². The van der Waals surface area contributed by atoms with Gasteiger partial charge < -0.3 is 4.90 Å². The van der Waals surface area contributed by atoms with Gasteiger partial charge in [0.15, 0.2) is 0 Å². The first kappa shape index (κ1) is 20.5. The molecular formula is C24H23F2N5O. The number of hydrogen-bond acceptors (Lipinski definition) is 4. The maximum Gasteiger partial charge on any atom is 0.266 e. The Hall–Kier alpha value is -3.42. The van der Waals surface area contributed by atoms with Crippen molar-refractivity contribution in [3.8, 4) is 0 Å². The monoisotopic (exact) mass is 435 g/mol. The van der Waals surface area contributed by atoms with E-state index in [2.05, 4.69) is 27.2 Å². The van der Waals surface area contributed by atoms with E-state index < -0.39 is 18.4 Å². The van der Waals surface area contributed by atoms with Crippen LogP contribution in [0.3, 0.4) is 0 Å². The first-order valence-electron chi connectivity index (χ1n) is 10.7. The van der Waals surface area contributed by atoms with Crippen LogP contribution < -0.4 is 0 Å². The number of amides is 1. The van der Waals surface area contributed by atoms with Gasteiger partial charge in [-0.3, -0.25) is 4.79 Å². The molecular weight excluding hydrogens is 412 g/mol. The molecule has 1 aliphatic carbocycles. The fourth-order valence-electron chi connectivity index (χ4n) is 4.59. The van der Waals surface area contributed by atoms with Gasteiger partial charge in [0.25, 0.3) is 17.6 Å². The molecule has 0 bridgehead atoms. The molecule has 2 aromatic heterocycles. The lowest BCUT2D eigenvalue weighted by atomic mass is 9.90. The fourth-order valence-corrected chi connectivity index (χ4v) is 4.59. The number of aryl methyl sites for hydroxylation is 1. The first-order chi connectivity index (χ1) is 15.4. The topological polar surface area (TPSA) is 63.4 Å². The Morgan fingerprint density at radius 2 is 2.00 bits per heavy atom. The van der Waals surface area contributed by atoms with Gasteiger partial charge in [0.1, 0.15) is 6.33 Å². The van der Waals surface area contributed by atoms with E-state index in [-0.39, 0.29) is 24.8 Å². The summed E-state index contributed by atoms with van der Waals surface area (Å²) >= 11 is 0. The van der Waals surface area contributed by atoms with Crippen LogP contribution in [0.25, 0.3) is 5.78 Å². The van der Waals surface area contributed by atoms with Crippen LogP contribution in [-0.4, -0.2) is 49.4 Å². The normalized spacial score (nSPS) is 22.4. The number of piperidine rings is 1. The lowest BCUT2D eigenvalue weighted by Gasteiger charge is -2.37. The van der Waals surface area contributed by atoms with Crippen molar-refractivity contribution in [2.45, 2.75) is 37.5 Å². The van der Waals surface area contributed by atoms with E-state index in [9.17, 15) is 13.6 Å². The zero-order valence-electron chi connectivity index (χ0n) is 17.7. The molecule has 1 aromatic carbocycles. The quantitative estimate of drug-likeness (QED) is 0.616. The molecule has 6 nitrogen and oxygen atoms in total. The summed E-state index contributed by atoms with van der Waals surface area (Å²) in [5.41, 5.74) is 2.78. The summed E-state index contributed by atoms with van der Waals surface area (Å²) < 4.78 is 31.0. The van der Waals surface area contributed by atoms with Crippen molar-refractivity contribution >= 4 is 11.7 Å². The van der Waals surface area contributed by atoms with E-state index in [1.165, 1.54) is 15.7 Å². The van der Waals surface area contributed by atoms with Gasteiger partial charge in [0, 0.05) is 36.1 Å². The number of alkyl halides is 2. The van der Waals surface area contributed by atoms with Crippen LogP contribution in [-0.2, 0) is 0 Å². The smallest absolute Gasteiger partial charge is 0.266 e. The maximum absolute atomic E-state index is 14.7. The van der Waals surface area contributed by atoms with Gasteiger partial charge in [-0.25, -0.2) is 18.3 Å². The minimum absolute atomic E-state index is 0.185. The average molecular weight is 435 g/mol. The van der Waals surface area contributed by atoms with Gasteiger partial charge in [0.05, 0.1) is 12.2 Å². The standard InChI is InChI=1S/C24H23F2N5O/c1-16-11-21(31-23(29-16)27-15-28-31)20-12-24(25,26)14-30(13-20)22(32)19-9-7-18(8-10-19)17-5-3-2-4-6-17/h2-5,7-11,15,17,20H,6,12-14H2,1H3. The Labute approximate surface area is 184 Å². The Kier molecular flexibility index (Phi) is 5.07. The molecule has 8 heteroatoms. The highest BCUT2D eigenvalue weighted by Crippen LogP contribution is 2.37. The van der Waals surface area contributed by atoms with Gasteiger partial charge in [-0.1, -0.05) is 36.4 Å². The molecule has 1 amide bonds. The lowest BCUT2D eigenvalue weighted by molar-refractivity contribution is -0.0641. The molecule has 1 aliphatic heterocycles. The Morgan fingerprint density at radius 3 is 2.75 bits per heavy atom. The van der Waals surface area contributed by atoms with Gasteiger partial charge in [0.2, 0.25) is 0 Å². The molecule has 5 rings (SSSR count). The van der Waals surface area contributed by atoms with Crippen molar-refractivity contribution in [2.75, 3.05) is 13.1 Å². The number of likely N-dealkylation sites (tertiary alicyclic amines) is 1. The number of benzene rings is 1. The number of aromatic nitrogens is 4. The summed E-state index contributed by atoms with van der Waals surface area (Å²) in [6.45, 7) is 1.39. The Bertz CT molecular complexity index is 1210. The number of carbonyl (C=O) groups is 1. The van der Waals surface area contributed by atoms with Crippen LogP contribution in [0, 0.1) is 6.92 Å². The number of fused-ring (bicyclic) bond motifs is 1. The SMILES string of the molecule is Cc1cc(C2CN(C(=O)c3ccc(C4C=CC=CC4)cc3)CC(F)(F)C2)n2ncnc2n1. The van der Waals surface area contributed by atoms with E-state index in [4.69, 9.17) is 0 Å². The first-order valence-corrected chi connectivity index (χ1v) is 10.7. The highest BCUT2D eigenvalue weighted by Gasteiger charge is 2.43. The molecule has 0 N–H and O–H groups in total. The molecule has 3 aromatic rings. The van der Waals surface area contributed by atoms with Crippen LogP contribution in [0.2, 0.25) is 0 Å². The highest BCUT2D eigenvalue weighted by atomic mass is 19.3. The minimum Gasteiger partial charge on any atom is -0.332 e. The summed E-state index contributed by atoms with van der Waals surface area (Å²) in [7, 11) is 0. The third-order valence-electron chi connectivity index (χ3n) is 6.09. The average Bonchev–Trinajstić information content (AvgIpc) is 3.26. The Morgan fingerprint density at radius 1 is 1.19 bits per heavy atom. The Balaban J connectivity index is 1.40. The zero-order valence-corrected chi connectivity index (χ0v) is 17.7. The molecule has 1 saturated heterocycles. The van der Waals surface area contributed by atoms with Crippen molar-refractivity contribution < 1.29 is 13.6 Å². The molecule has 1 fully saturated rings. The van der Waals surface area contributed by atoms with Crippen LogP contribution in [0.1, 0.15) is 52.0 Å². The number of nitrogens with zero attached hydrogens (tertiary/aromatic N) is 5. The van der Waals surface area contributed by atoms with E-state index in [1.54, 1.807) is 25.1 Å². The summed E-state index contributed by atoms with van der Waals surface area (Å²) in [4.78, 5) is 22.8. The molecule has 3 heterocycles. The predicted molar refractivity (Wildman–Crippen MR) is 116 cm³/mol. The van der Waals surface area contributed by atoms with Crippen molar-refractivity contribution in [1.29, 1.82) is 0 Å². The van der Waals surface area contributed by atoms with Crippen LogP contribution in [0.4, 0.5) is 8.78 Å². The zero-order chi connectivity index (χ0) is 22.3. The largest absolute Gasteiger partial charge is 0.332 e. The fraction of sp³-hybridized carbons (Fsp3) is 0.333. The molecule has 0 radical (unpaired) electrons. The molecule has 0 saturated carbocycles. The third-order valence-corrected chi connectivity index (χ3v) is 6.09. The van der Waals surface area contributed by atoms with Gasteiger partial charge >= 0.3 is 0 Å². The highest BCUT2D eigenvalue weighted by molar-refractivity contribution is 5.94. The van der Waals surface area contributed by atoms with E-state index in [1.807, 2.05) is 24.3 Å². The molecule has 2 unspecified atom stereocenters. The van der Waals surface area contributed by atoms with Crippen molar-refractivity contribution in [3.63, 3.8) is 0 Å². The number of hydrogen-bond donors (Lipinski definition) is 0. The predicted octanol–water partition coefficient (Wildman–Crippen LogP) is 4.30. The molecule has 2 aliphatic rings. The minimum atomic E-state index is -3.00. The van der Waals surface area contributed by atoms with Crippen LogP contribution in [0.5, 0.6) is 0 Å². The maximum atomic E-state index is 14.7. The summed E-state index contributed by atoms with van der Waals surface area (Å²) in [5, 5.41) is 4.15. The van der Waals surface area contributed by atoms with Gasteiger partial charge in [-0.15, -0.1) is 0 Å². The lowest BCUT2D eigenvalue weighted by Crippen LogP contribution is -2.49. The van der Waals surface area contributed by atoms with Crippen molar-refractivity contribution in [1.82, 2.24) is 24.5 Å². The van der Waals surface area contributed by atoms with Crippen molar-refractivity contribution in [2.24, 2.45) is 0 Å². The molecule has 32 heavy (non-hydrogen) atoms. The summed E-state index contributed by atoms with van der Waals surface area (Å²) in [6, 6.07) is 9.03. The third kappa shape index (κ3) is 3.92. The van der Waals surface area contributed by atoms with Gasteiger partial charge in [-0.2, -0.15) is 10.1 Å². The van der Waals surface area contributed by atoms with E-state index in [0.29, 0.717) is 22.7 Å². The second-order valence-corrected chi connectivity index (χ2v) is 8.51. The summed E-state index contributed by atoms with van der Waals surface area (Å²) in [5.74, 6) is -3.32. The van der Waals surface area contributed by atoms with Gasteiger partial charge in [-0.05, 0) is 37.1 Å². The van der Waals surface area contributed by atoms with E-state index in [0.717, 1.165) is 12.0 Å². The number of halogens is 2. The van der Waals surface area contributed by atoms with Crippen molar-refractivity contribution in [3.05, 3.63) is 83.5 Å². The number of allylic oxidation sites excluding steroid dienone is 4. The molecule has 164 valence electrons. The van der Waals surface area contributed by atoms with E-state index >= 15 is 0 Å². The number of carbonyl (C=O) groups excluding carboxylic acids is 1. The summed E-state index contributed by atoms with van der Waals surface area (Å²) in [6.07, 6.45) is 10.2. The van der Waals surface area contributed by atoms with Crippen LogP contribution >= 0.6 is 0 Å². The number of rotatable bonds is 3. The molecule has 2 atom stereocenters.